The monoisotopic (exact) mass is 310 g/mol. The molecule has 4 nitrogen and oxygen atoms in total. The molecule has 1 aromatic heterocycles. The lowest BCUT2D eigenvalue weighted by Crippen LogP contribution is -2.47. The summed E-state index contributed by atoms with van der Waals surface area (Å²) in [4.78, 5) is 5.11. The van der Waals surface area contributed by atoms with E-state index in [-0.39, 0.29) is 12.0 Å². The van der Waals surface area contributed by atoms with Crippen LogP contribution in [0.4, 0.5) is 0 Å². The summed E-state index contributed by atoms with van der Waals surface area (Å²) in [5, 5.41) is 20.5. The summed E-state index contributed by atoms with van der Waals surface area (Å²) in [6.07, 6.45) is 4.62. The molecule has 1 N–H and O–H groups in total. The van der Waals surface area contributed by atoms with Crippen LogP contribution in [0.5, 0.6) is 0 Å². The van der Waals surface area contributed by atoms with Crippen LogP contribution in [-0.4, -0.2) is 22.5 Å². The number of nitrogens with zero attached hydrogens (tertiary/aromatic N) is 3. The molecule has 22 heavy (non-hydrogen) atoms. The van der Waals surface area contributed by atoms with Crippen LogP contribution in [0.15, 0.2) is 18.2 Å². The molecule has 0 bridgehead atoms. The number of piperidine rings is 1. The number of nitriles is 2. The lowest BCUT2D eigenvalue weighted by atomic mass is 9.72. The number of benzene rings is 1. The van der Waals surface area contributed by atoms with Crippen LogP contribution in [0.3, 0.4) is 0 Å². The smallest absolute Gasteiger partial charge is 0.179 e. The topological polar surface area (TPSA) is 66.6 Å². The number of hydrogen-bond donors (Lipinski definition) is 1. The van der Waals surface area contributed by atoms with Crippen LogP contribution in [-0.2, 0) is 6.42 Å². The zero-order valence-corrected chi connectivity index (χ0v) is 12.8. The molecule has 2 aliphatic rings. The summed E-state index contributed by atoms with van der Waals surface area (Å²) < 4.78 is 0. The molecule has 0 amide bonds. The number of nitrogens with one attached hydrogen (secondary N) is 1. The lowest BCUT2D eigenvalue weighted by Gasteiger charge is -2.44. The Morgan fingerprint density at radius 1 is 1.36 bits per heavy atom. The standard InChI is InChI=1S/C17H15ClN4/c18-17-13-7-15-12(6-10(4-5-19)8-22(15)9-20)11-2-1-3-14(21-17)16(11)13/h1-3,10,12,15,21H,4,6-8H2/t10?,12?,15-/m1/s1. The van der Waals surface area contributed by atoms with E-state index in [2.05, 4.69) is 23.3 Å². The summed E-state index contributed by atoms with van der Waals surface area (Å²) in [5.74, 6) is 0.562. The van der Waals surface area contributed by atoms with Gasteiger partial charge in [0, 0.05) is 29.8 Å². The molecular formula is C17H15ClN4. The molecule has 1 saturated heterocycles. The average molecular weight is 311 g/mol. The van der Waals surface area contributed by atoms with Crippen molar-refractivity contribution in [2.75, 3.05) is 6.54 Å². The molecule has 2 aromatic rings. The Hall–Kier alpha value is -2.17. The van der Waals surface area contributed by atoms with Crippen molar-refractivity contribution in [2.24, 2.45) is 5.92 Å². The van der Waals surface area contributed by atoms with E-state index in [9.17, 15) is 5.26 Å². The third kappa shape index (κ3) is 1.81. The van der Waals surface area contributed by atoms with E-state index in [1.807, 2.05) is 17.0 Å². The number of aromatic amines is 1. The van der Waals surface area contributed by atoms with Crippen LogP contribution in [0, 0.1) is 28.7 Å². The Balaban J connectivity index is 1.86. The maximum Gasteiger partial charge on any atom is 0.179 e. The van der Waals surface area contributed by atoms with Gasteiger partial charge in [0.25, 0.3) is 0 Å². The third-order valence-corrected chi connectivity index (χ3v) is 5.46. The Kier molecular flexibility index (Phi) is 3.03. The van der Waals surface area contributed by atoms with Crippen molar-refractivity contribution in [3.8, 4) is 12.3 Å². The Labute approximate surface area is 133 Å². The van der Waals surface area contributed by atoms with E-state index in [4.69, 9.17) is 16.9 Å². The van der Waals surface area contributed by atoms with E-state index in [0.29, 0.717) is 24.0 Å². The highest BCUT2D eigenvalue weighted by Crippen LogP contribution is 2.46. The van der Waals surface area contributed by atoms with Gasteiger partial charge in [0.1, 0.15) is 5.15 Å². The van der Waals surface area contributed by atoms with E-state index >= 15 is 0 Å². The largest absolute Gasteiger partial charge is 0.345 e. The molecule has 5 heteroatoms. The molecule has 1 aliphatic carbocycles. The van der Waals surface area contributed by atoms with Crippen molar-refractivity contribution in [3.05, 3.63) is 34.5 Å². The highest BCUT2D eigenvalue weighted by atomic mass is 35.5. The van der Waals surface area contributed by atoms with E-state index in [1.54, 1.807) is 0 Å². The first-order chi connectivity index (χ1) is 10.7. The molecule has 2 unspecified atom stereocenters. The normalized spacial score (nSPS) is 26.3. The quantitative estimate of drug-likeness (QED) is 0.819. The molecule has 2 heterocycles. The van der Waals surface area contributed by atoms with Crippen molar-refractivity contribution in [3.63, 3.8) is 0 Å². The maximum absolute atomic E-state index is 9.53. The minimum Gasteiger partial charge on any atom is -0.345 e. The number of rotatable bonds is 1. The number of hydrogen-bond acceptors (Lipinski definition) is 3. The zero-order chi connectivity index (χ0) is 15.3. The van der Waals surface area contributed by atoms with Crippen molar-refractivity contribution in [2.45, 2.75) is 31.2 Å². The molecular weight excluding hydrogens is 296 g/mol. The SMILES string of the molecule is N#CCC1CC2c3cccc4[nH]c(Cl)c(c34)C[C@H]2N(C#N)C1. The van der Waals surface area contributed by atoms with Gasteiger partial charge in [-0.15, -0.1) is 0 Å². The first-order valence-corrected chi connectivity index (χ1v) is 7.93. The van der Waals surface area contributed by atoms with Crippen LogP contribution >= 0.6 is 11.6 Å². The molecule has 3 atom stereocenters. The van der Waals surface area contributed by atoms with Gasteiger partial charge >= 0.3 is 0 Å². The van der Waals surface area contributed by atoms with Crippen LogP contribution in [0.2, 0.25) is 5.15 Å². The molecule has 0 radical (unpaired) electrons. The highest BCUT2D eigenvalue weighted by molar-refractivity contribution is 6.32. The Morgan fingerprint density at radius 3 is 3.00 bits per heavy atom. The highest BCUT2D eigenvalue weighted by Gasteiger charge is 2.41. The number of fused-ring (bicyclic) bond motifs is 2. The minimum atomic E-state index is 0.159. The Morgan fingerprint density at radius 2 is 2.23 bits per heavy atom. The lowest BCUT2D eigenvalue weighted by molar-refractivity contribution is 0.143. The number of likely N-dealkylation sites (tertiary alicyclic amines) is 1. The summed E-state index contributed by atoms with van der Waals surface area (Å²) in [5.41, 5.74) is 3.48. The second-order valence-electron chi connectivity index (χ2n) is 6.28. The minimum absolute atomic E-state index is 0.159. The van der Waals surface area contributed by atoms with Gasteiger partial charge in [-0.05, 0) is 36.0 Å². The van der Waals surface area contributed by atoms with Gasteiger partial charge in [-0.25, -0.2) is 0 Å². The molecule has 0 saturated carbocycles. The predicted octanol–water partition coefficient (Wildman–Crippen LogP) is 3.55. The summed E-state index contributed by atoms with van der Waals surface area (Å²) in [6.45, 7) is 0.679. The average Bonchev–Trinajstić information content (AvgIpc) is 2.85. The number of aromatic nitrogens is 1. The number of halogens is 1. The van der Waals surface area contributed by atoms with Gasteiger partial charge in [0.05, 0.1) is 12.1 Å². The van der Waals surface area contributed by atoms with Gasteiger partial charge in [-0.3, -0.25) is 0 Å². The van der Waals surface area contributed by atoms with Gasteiger partial charge in [-0.2, -0.15) is 10.5 Å². The first kappa shape index (κ1) is 13.5. The molecule has 4 rings (SSSR count). The molecule has 1 aromatic carbocycles. The van der Waals surface area contributed by atoms with Crippen LogP contribution in [0.25, 0.3) is 10.9 Å². The van der Waals surface area contributed by atoms with Crippen LogP contribution in [0.1, 0.15) is 29.9 Å². The molecule has 110 valence electrons. The van der Waals surface area contributed by atoms with Gasteiger partial charge in [0.2, 0.25) is 0 Å². The third-order valence-electron chi connectivity index (χ3n) is 5.14. The van der Waals surface area contributed by atoms with Gasteiger partial charge in [0.15, 0.2) is 6.19 Å². The molecule has 1 aliphatic heterocycles. The fraction of sp³-hybridized carbons (Fsp3) is 0.412. The summed E-state index contributed by atoms with van der Waals surface area (Å²) in [6, 6.07) is 8.66. The summed E-state index contributed by atoms with van der Waals surface area (Å²) in [7, 11) is 0. The van der Waals surface area contributed by atoms with Gasteiger partial charge < -0.3 is 9.88 Å². The van der Waals surface area contributed by atoms with E-state index in [1.165, 1.54) is 10.9 Å². The fourth-order valence-electron chi connectivity index (χ4n) is 4.22. The molecule has 0 spiro atoms. The first-order valence-electron chi connectivity index (χ1n) is 7.55. The second-order valence-corrected chi connectivity index (χ2v) is 6.66. The van der Waals surface area contributed by atoms with Crippen molar-refractivity contribution in [1.82, 2.24) is 9.88 Å². The van der Waals surface area contributed by atoms with Crippen molar-refractivity contribution in [1.29, 1.82) is 10.5 Å². The summed E-state index contributed by atoms with van der Waals surface area (Å²) >= 11 is 6.37. The van der Waals surface area contributed by atoms with Crippen molar-refractivity contribution >= 4 is 22.5 Å². The number of H-pyrrole nitrogens is 1. The Bertz CT molecular complexity index is 826. The second kappa shape index (κ2) is 4.93. The van der Waals surface area contributed by atoms with E-state index < -0.39 is 0 Å². The zero-order valence-electron chi connectivity index (χ0n) is 12.0. The maximum atomic E-state index is 9.53. The van der Waals surface area contributed by atoms with Crippen molar-refractivity contribution < 1.29 is 0 Å². The predicted molar refractivity (Wildman–Crippen MR) is 84.2 cm³/mol. The van der Waals surface area contributed by atoms with Crippen LogP contribution < -0.4 is 0 Å². The fourth-order valence-corrected chi connectivity index (χ4v) is 4.50. The van der Waals surface area contributed by atoms with Gasteiger partial charge in [-0.1, -0.05) is 23.7 Å². The molecule has 1 fully saturated rings. The van der Waals surface area contributed by atoms with E-state index in [0.717, 1.165) is 23.9 Å².